The van der Waals surface area contributed by atoms with E-state index in [0.717, 1.165) is 5.75 Å². The Balaban J connectivity index is 2.33. The minimum absolute atomic E-state index is 0.898. The summed E-state index contributed by atoms with van der Waals surface area (Å²) < 4.78 is 5.09. The molecule has 0 atom stereocenters. The number of ether oxygens (including phenoxy) is 1. The van der Waals surface area contributed by atoms with Gasteiger partial charge < -0.3 is 4.74 Å². The van der Waals surface area contributed by atoms with Crippen molar-refractivity contribution in [2.75, 3.05) is 7.11 Å². The molecule has 0 bridgehead atoms. The van der Waals surface area contributed by atoms with Crippen molar-refractivity contribution < 1.29 is 4.74 Å². The van der Waals surface area contributed by atoms with Crippen LogP contribution >= 0.6 is 0 Å². The van der Waals surface area contributed by atoms with Crippen LogP contribution in [0.3, 0.4) is 0 Å². The number of rotatable bonds is 2. The van der Waals surface area contributed by atoms with Gasteiger partial charge in [0, 0.05) is 0 Å². The van der Waals surface area contributed by atoms with Crippen LogP contribution in [0.25, 0.3) is 11.1 Å². The summed E-state index contributed by atoms with van der Waals surface area (Å²) in [4.78, 5) is 0. The normalized spacial score (nSPS) is 9.92. The summed E-state index contributed by atoms with van der Waals surface area (Å²) >= 11 is 0. The van der Waals surface area contributed by atoms with Crippen molar-refractivity contribution in [3.8, 4) is 16.9 Å². The highest BCUT2D eigenvalue weighted by Gasteiger charge is 1.90. The Morgan fingerprint density at radius 2 is 1.62 bits per heavy atom. The zero-order valence-corrected chi connectivity index (χ0v) is 7.53. The van der Waals surface area contributed by atoms with Gasteiger partial charge >= 0.3 is 0 Å². The van der Waals surface area contributed by atoms with Gasteiger partial charge in [0.2, 0.25) is 0 Å². The number of benzene rings is 1. The van der Waals surface area contributed by atoms with Crippen LogP contribution in [0.15, 0.2) is 48.5 Å². The van der Waals surface area contributed by atoms with Gasteiger partial charge in [-0.1, -0.05) is 17.7 Å². The minimum Gasteiger partial charge on any atom is -0.498 e. The van der Waals surface area contributed by atoms with E-state index in [0.29, 0.717) is 0 Å². The molecule has 0 radical (unpaired) electrons. The fraction of sp³-hybridized carbons (Fsp3) is 0.0833. The second-order valence-electron chi connectivity index (χ2n) is 2.90. The highest BCUT2D eigenvalue weighted by molar-refractivity contribution is 5.64. The molecule has 13 heavy (non-hydrogen) atoms. The topological polar surface area (TPSA) is 9.23 Å². The predicted molar refractivity (Wildman–Crippen MR) is 54.0 cm³/mol. The SMILES string of the molecule is COc1ccc(-[c-]2cccc2)cc1. The van der Waals surface area contributed by atoms with Gasteiger partial charge in [0.1, 0.15) is 5.75 Å². The monoisotopic (exact) mass is 171 g/mol. The molecule has 1 nitrogen and oxygen atoms in total. The third kappa shape index (κ3) is 1.59. The molecule has 0 aliphatic rings. The van der Waals surface area contributed by atoms with E-state index in [1.54, 1.807) is 7.11 Å². The largest absolute Gasteiger partial charge is 0.498 e. The molecule has 0 fully saturated rings. The molecule has 0 saturated carbocycles. The zero-order chi connectivity index (χ0) is 9.10. The van der Waals surface area contributed by atoms with Crippen molar-refractivity contribution in [3.05, 3.63) is 48.5 Å². The van der Waals surface area contributed by atoms with E-state index in [2.05, 4.69) is 24.3 Å². The van der Waals surface area contributed by atoms with E-state index in [-0.39, 0.29) is 0 Å². The average Bonchev–Trinajstić information content (AvgIpc) is 2.71. The lowest BCUT2D eigenvalue weighted by molar-refractivity contribution is 0.415. The highest BCUT2D eigenvalue weighted by atomic mass is 16.5. The first kappa shape index (κ1) is 7.99. The summed E-state index contributed by atoms with van der Waals surface area (Å²) in [5.74, 6) is 0.898. The minimum atomic E-state index is 0.898. The fourth-order valence-electron chi connectivity index (χ4n) is 1.35. The van der Waals surface area contributed by atoms with E-state index in [9.17, 15) is 0 Å². The van der Waals surface area contributed by atoms with Gasteiger partial charge in [0.05, 0.1) is 7.11 Å². The van der Waals surface area contributed by atoms with Gasteiger partial charge in [-0.2, -0.15) is 12.1 Å². The van der Waals surface area contributed by atoms with Crippen LogP contribution in [0.2, 0.25) is 0 Å². The van der Waals surface area contributed by atoms with Crippen molar-refractivity contribution in [3.63, 3.8) is 0 Å². The van der Waals surface area contributed by atoms with E-state index in [4.69, 9.17) is 4.74 Å². The van der Waals surface area contributed by atoms with Gasteiger partial charge in [-0.05, 0) is 0 Å². The van der Waals surface area contributed by atoms with Crippen LogP contribution in [0.1, 0.15) is 0 Å². The fourth-order valence-corrected chi connectivity index (χ4v) is 1.35. The molecule has 0 aromatic heterocycles. The molecule has 0 N–H and O–H groups in total. The first-order chi connectivity index (χ1) is 6.40. The van der Waals surface area contributed by atoms with Crippen LogP contribution in [0, 0.1) is 0 Å². The Morgan fingerprint density at radius 3 is 2.15 bits per heavy atom. The van der Waals surface area contributed by atoms with E-state index in [1.807, 2.05) is 24.3 Å². The quantitative estimate of drug-likeness (QED) is 0.631. The Kier molecular flexibility index (Phi) is 2.09. The first-order valence-electron chi connectivity index (χ1n) is 4.26. The van der Waals surface area contributed by atoms with Crippen LogP contribution in [0.4, 0.5) is 0 Å². The van der Waals surface area contributed by atoms with Crippen molar-refractivity contribution in [2.24, 2.45) is 0 Å². The summed E-state index contributed by atoms with van der Waals surface area (Å²) in [5, 5.41) is 0. The van der Waals surface area contributed by atoms with Gasteiger partial charge in [0.15, 0.2) is 0 Å². The molecular formula is C12H11O-. The summed E-state index contributed by atoms with van der Waals surface area (Å²) in [5.41, 5.74) is 2.48. The molecule has 2 rings (SSSR count). The van der Waals surface area contributed by atoms with Crippen LogP contribution in [-0.2, 0) is 0 Å². The van der Waals surface area contributed by atoms with Gasteiger partial charge in [-0.15, -0.1) is 29.8 Å². The molecule has 2 aromatic rings. The van der Waals surface area contributed by atoms with Crippen molar-refractivity contribution >= 4 is 0 Å². The maximum Gasteiger partial charge on any atom is 0.104 e. The predicted octanol–water partition coefficient (Wildman–Crippen LogP) is 3.08. The van der Waals surface area contributed by atoms with Crippen molar-refractivity contribution in [1.29, 1.82) is 0 Å². The maximum atomic E-state index is 5.09. The molecule has 0 saturated heterocycles. The molecular weight excluding hydrogens is 160 g/mol. The lowest BCUT2D eigenvalue weighted by Crippen LogP contribution is -1.81. The Labute approximate surface area is 78.0 Å². The second-order valence-corrected chi connectivity index (χ2v) is 2.90. The second kappa shape index (κ2) is 3.40. The van der Waals surface area contributed by atoms with Crippen LogP contribution < -0.4 is 4.74 Å². The van der Waals surface area contributed by atoms with Gasteiger partial charge in [-0.3, -0.25) is 0 Å². The van der Waals surface area contributed by atoms with E-state index < -0.39 is 0 Å². The van der Waals surface area contributed by atoms with E-state index in [1.165, 1.54) is 11.1 Å². The molecule has 2 aromatic carbocycles. The molecule has 0 spiro atoms. The first-order valence-corrected chi connectivity index (χ1v) is 4.26. The smallest absolute Gasteiger partial charge is 0.104 e. The van der Waals surface area contributed by atoms with Crippen LogP contribution in [0.5, 0.6) is 5.75 Å². The van der Waals surface area contributed by atoms with Gasteiger partial charge in [-0.25, -0.2) is 0 Å². The maximum absolute atomic E-state index is 5.09. The molecule has 0 aliphatic heterocycles. The zero-order valence-electron chi connectivity index (χ0n) is 7.53. The average molecular weight is 171 g/mol. The number of hydrogen-bond acceptors (Lipinski definition) is 1. The summed E-state index contributed by atoms with van der Waals surface area (Å²) in [6, 6.07) is 16.4. The lowest BCUT2D eigenvalue weighted by atomic mass is 10.1. The van der Waals surface area contributed by atoms with Gasteiger partial charge in [0.25, 0.3) is 0 Å². The molecule has 0 amide bonds. The Bertz CT molecular complexity index is 357. The third-order valence-electron chi connectivity index (χ3n) is 2.09. The molecule has 0 heterocycles. The van der Waals surface area contributed by atoms with Crippen molar-refractivity contribution in [1.82, 2.24) is 0 Å². The number of hydrogen-bond donors (Lipinski definition) is 0. The Morgan fingerprint density at radius 1 is 1.00 bits per heavy atom. The summed E-state index contributed by atoms with van der Waals surface area (Å²) in [7, 11) is 1.68. The summed E-state index contributed by atoms with van der Waals surface area (Å²) in [6.45, 7) is 0. The molecule has 1 heteroatoms. The third-order valence-corrected chi connectivity index (χ3v) is 2.09. The Hall–Kier alpha value is -1.63. The molecule has 0 unspecified atom stereocenters. The van der Waals surface area contributed by atoms with Crippen LogP contribution in [-0.4, -0.2) is 7.11 Å². The summed E-state index contributed by atoms with van der Waals surface area (Å²) in [6.07, 6.45) is 0. The lowest BCUT2D eigenvalue weighted by Gasteiger charge is -2.06. The van der Waals surface area contributed by atoms with E-state index >= 15 is 0 Å². The van der Waals surface area contributed by atoms with Crippen molar-refractivity contribution in [2.45, 2.75) is 0 Å². The highest BCUT2D eigenvalue weighted by Crippen LogP contribution is 2.22. The molecule has 66 valence electrons. The number of methoxy groups -OCH3 is 1. The standard InChI is InChI=1S/C12H11O/c1-13-12-8-6-11(7-9-12)10-4-2-3-5-10/h2-9H,1H3/q-1. The molecule has 0 aliphatic carbocycles.